The molecule has 432 valence electrons. The van der Waals surface area contributed by atoms with E-state index in [9.17, 15) is 86.2 Å². The summed E-state index contributed by atoms with van der Waals surface area (Å²) in [6, 6.07) is -1.36. The number of cyclic esters (lactones) is 1. The summed E-state index contributed by atoms with van der Waals surface area (Å²) >= 11 is 0. The summed E-state index contributed by atoms with van der Waals surface area (Å²) in [5.74, 6) is -9.70. The molecule has 23 atom stereocenters. The molecule has 3 saturated heterocycles. The summed E-state index contributed by atoms with van der Waals surface area (Å²) in [7, 11) is 0. The normalized spacial score (nSPS) is 46.8. The number of carbonyl (C=O) groups excluding carboxylic acids is 1. The zero-order valence-corrected chi connectivity index (χ0v) is 43.3. The van der Waals surface area contributed by atoms with Crippen molar-refractivity contribution < 1.29 is 110 Å². The SMILES string of the molecule is C[C@@H]1[C@H](O)[C@@H](C)/C=C/C=C/C=C/C=C/C=C/C=C/C=C/[C@H](O[C@@H]2O[C@H](C)[C@@H](O)[C@H](NC[C@]3(O)OC[C@@H](O)[C@H](O)[C@@H]3O)[C@@H]2O)C[C@@H]2O[C@](O)(C[C@@H](O)[C@H](O)CC[C@@H](O)C[C@@H](O)C[C@@H](O)CC(=O)O[C@H]1C)C[C@H](O)[C@H]2C(=O)O. The van der Waals surface area contributed by atoms with Gasteiger partial charge >= 0.3 is 11.9 Å². The topological polar surface area (TPSA) is 396 Å². The van der Waals surface area contributed by atoms with Gasteiger partial charge in [0.05, 0.1) is 92.8 Å². The maximum absolute atomic E-state index is 12.7. The average molecular weight is 1090 g/mol. The van der Waals surface area contributed by atoms with E-state index >= 15 is 0 Å². The molecule has 23 nitrogen and oxygen atoms in total. The van der Waals surface area contributed by atoms with Gasteiger partial charge in [-0.25, -0.2) is 0 Å². The average Bonchev–Trinajstić information content (AvgIpc) is 3.33. The molecule has 0 aromatic rings. The van der Waals surface area contributed by atoms with Crippen LogP contribution in [-0.2, 0) is 33.3 Å². The first-order valence-corrected chi connectivity index (χ1v) is 25.8. The number of aliphatic hydroxyl groups is 14. The van der Waals surface area contributed by atoms with Crippen LogP contribution in [-0.4, -0.2) is 223 Å². The van der Waals surface area contributed by atoms with Crippen molar-refractivity contribution in [2.45, 2.75) is 201 Å². The molecule has 0 saturated carbocycles. The fraction of sp³-hybridized carbons (Fsp3) is 0.698. The smallest absolute Gasteiger partial charge is 0.311 e. The first kappa shape index (κ1) is 64.9. The molecule has 0 aliphatic carbocycles. The highest BCUT2D eigenvalue weighted by Gasteiger charge is 2.53. The molecule has 0 amide bonds. The minimum absolute atomic E-state index is 0.186. The number of carbonyl (C=O) groups is 2. The van der Waals surface area contributed by atoms with Gasteiger partial charge in [-0.2, -0.15) is 0 Å². The van der Waals surface area contributed by atoms with Crippen molar-refractivity contribution in [1.29, 1.82) is 0 Å². The minimum atomic E-state index is -2.47. The van der Waals surface area contributed by atoms with Crippen LogP contribution in [0.15, 0.2) is 85.1 Å². The first-order valence-electron chi connectivity index (χ1n) is 25.8. The third-order valence-electron chi connectivity index (χ3n) is 14.2. The fourth-order valence-electron chi connectivity index (χ4n) is 9.47. The van der Waals surface area contributed by atoms with Crippen LogP contribution in [0.2, 0.25) is 0 Å². The van der Waals surface area contributed by atoms with Crippen LogP contribution in [0, 0.1) is 17.8 Å². The molecular weight excluding hydrogens is 1000 g/mol. The van der Waals surface area contributed by atoms with Gasteiger partial charge in [-0.3, -0.25) is 9.59 Å². The van der Waals surface area contributed by atoms with Crippen molar-refractivity contribution in [2.75, 3.05) is 13.2 Å². The van der Waals surface area contributed by atoms with Crippen LogP contribution in [0.4, 0.5) is 0 Å². The second kappa shape index (κ2) is 30.6. The lowest BCUT2D eigenvalue weighted by molar-refractivity contribution is -0.323. The number of carboxylic acid groups (broad SMARTS) is 1. The fourth-order valence-corrected chi connectivity index (χ4v) is 9.47. The molecule has 0 radical (unpaired) electrons. The van der Waals surface area contributed by atoms with E-state index in [0.29, 0.717) is 0 Å². The summed E-state index contributed by atoms with van der Waals surface area (Å²) in [5.41, 5.74) is 0. The number of ether oxygens (including phenoxy) is 5. The van der Waals surface area contributed by atoms with E-state index in [-0.39, 0.29) is 31.6 Å². The number of carboxylic acids is 1. The zero-order valence-electron chi connectivity index (χ0n) is 43.3. The minimum Gasteiger partial charge on any atom is -0.481 e. The summed E-state index contributed by atoms with van der Waals surface area (Å²) < 4.78 is 28.7. The Morgan fingerprint density at radius 3 is 1.82 bits per heavy atom. The Labute approximate surface area is 442 Å². The summed E-state index contributed by atoms with van der Waals surface area (Å²) in [4.78, 5) is 25.4. The van der Waals surface area contributed by atoms with Gasteiger partial charge in [0.25, 0.3) is 0 Å². The number of aliphatic carboxylic acids is 1. The van der Waals surface area contributed by atoms with Gasteiger partial charge in [-0.1, -0.05) is 98.9 Å². The number of fused-ring (bicyclic) bond motifs is 2. The number of aliphatic hydroxyl groups excluding tert-OH is 12. The Morgan fingerprint density at radius 2 is 1.21 bits per heavy atom. The van der Waals surface area contributed by atoms with Crippen molar-refractivity contribution in [3.63, 3.8) is 0 Å². The van der Waals surface area contributed by atoms with Crippen LogP contribution < -0.4 is 5.32 Å². The number of allylic oxidation sites excluding steroid dienone is 12. The van der Waals surface area contributed by atoms with Gasteiger partial charge in [0.1, 0.15) is 36.4 Å². The van der Waals surface area contributed by atoms with Crippen molar-refractivity contribution in [3.05, 3.63) is 85.1 Å². The van der Waals surface area contributed by atoms with E-state index < -0.39 is 184 Å². The molecule has 4 aliphatic rings. The van der Waals surface area contributed by atoms with Crippen molar-refractivity contribution in [2.24, 2.45) is 17.8 Å². The second-order valence-corrected chi connectivity index (χ2v) is 20.6. The van der Waals surface area contributed by atoms with E-state index in [1.54, 1.807) is 86.8 Å². The maximum atomic E-state index is 12.7. The van der Waals surface area contributed by atoms with E-state index in [1.807, 2.05) is 6.92 Å². The lowest BCUT2D eigenvalue weighted by atomic mass is 9.82. The summed E-state index contributed by atoms with van der Waals surface area (Å²) in [6.45, 7) is 5.38. The predicted molar refractivity (Wildman–Crippen MR) is 270 cm³/mol. The molecule has 0 unspecified atom stereocenters. The maximum Gasteiger partial charge on any atom is 0.311 e. The van der Waals surface area contributed by atoms with E-state index in [4.69, 9.17) is 23.7 Å². The van der Waals surface area contributed by atoms with Crippen LogP contribution >= 0.6 is 0 Å². The van der Waals surface area contributed by atoms with Crippen LogP contribution in [0.1, 0.15) is 79.1 Å². The Kier molecular flexibility index (Phi) is 26.2. The quantitative estimate of drug-likeness (QED) is 0.130. The van der Waals surface area contributed by atoms with Gasteiger partial charge < -0.3 is 106 Å². The molecule has 0 aromatic heterocycles. The third-order valence-corrected chi connectivity index (χ3v) is 14.2. The van der Waals surface area contributed by atoms with Gasteiger partial charge in [0.2, 0.25) is 5.79 Å². The summed E-state index contributed by atoms with van der Waals surface area (Å²) in [5, 5.41) is 165. The number of nitrogens with one attached hydrogen (secondary N) is 1. The molecule has 23 heteroatoms. The Bertz CT molecular complexity index is 2000. The van der Waals surface area contributed by atoms with Crippen LogP contribution in [0.25, 0.3) is 0 Å². The molecular formula is C53H83NO22. The molecule has 0 aromatic carbocycles. The van der Waals surface area contributed by atoms with Gasteiger partial charge in [0, 0.05) is 31.1 Å². The number of esters is 1. The third kappa shape index (κ3) is 19.6. The molecule has 16 N–H and O–H groups in total. The first-order chi connectivity index (χ1) is 35.7. The highest BCUT2D eigenvalue weighted by Crippen LogP contribution is 2.38. The molecule has 3 fully saturated rings. The molecule has 4 aliphatic heterocycles. The number of rotatable bonds is 6. The predicted octanol–water partition coefficient (Wildman–Crippen LogP) is -1.86. The Morgan fingerprint density at radius 1 is 0.645 bits per heavy atom. The molecule has 76 heavy (non-hydrogen) atoms. The number of hydrogen-bond donors (Lipinski definition) is 16. The van der Waals surface area contributed by atoms with Crippen molar-refractivity contribution in [3.8, 4) is 0 Å². The van der Waals surface area contributed by atoms with Gasteiger partial charge in [-0.15, -0.1) is 0 Å². The molecule has 4 rings (SSSR count). The molecule has 2 bridgehead atoms. The largest absolute Gasteiger partial charge is 0.481 e. The van der Waals surface area contributed by atoms with E-state index in [0.717, 1.165) is 0 Å². The van der Waals surface area contributed by atoms with E-state index in [1.165, 1.54) is 19.1 Å². The van der Waals surface area contributed by atoms with Gasteiger partial charge in [0.15, 0.2) is 12.1 Å². The highest BCUT2D eigenvalue weighted by molar-refractivity contribution is 5.71. The standard InChI is InChI=1S/C53H83NO22/c1-29-17-15-13-11-9-7-5-6-8-10-12-14-16-18-36(75-51-48(66)44(46(64)32(4)74-51)54-28-53(71)49(67)47(65)40(61)27-72-53)24-41-43(50(68)69)39(60)26-52(70,76-41)25-38(59)37(58)20-19-33(55)21-34(56)22-35(57)23-42(62)73-31(3)30(2)45(29)63/h5-18,29-41,43-49,51,54-61,63-67,70-71H,19-28H2,1-4H3,(H,68,69)/b6-5+,9-7+,10-8+,13-11+,14-12+,17-15+,18-16+/t29-,30-,31-,32+,33+,34+,35+,36-,37+,38+,39-,40+,41-,43+,44-,45+,46+,47-,48-,49-,51-,52+,53-/m0/s1. The monoisotopic (exact) mass is 1090 g/mol. The zero-order chi connectivity index (χ0) is 56.5. The number of hydrogen-bond acceptors (Lipinski definition) is 22. The second-order valence-electron chi connectivity index (χ2n) is 20.6. The van der Waals surface area contributed by atoms with Crippen molar-refractivity contribution in [1.82, 2.24) is 5.32 Å². The van der Waals surface area contributed by atoms with E-state index in [2.05, 4.69) is 5.32 Å². The van der Waals surface area contributed by atoms with Crippen molar-refractivity contribution >= 4 is 11.9 Å². The highest BCUT2D eigenvalue weighted by atomic mass is 16.7. The van der Waals surface area contributed by atoms with Gasteiger partial charge in [-0.05, 0) is 39.5 Å². The lowest BCUT2D eigenvalue weighted by Gasteiger charge is -2.46. The Balaban J connectivity index is 1.59. The van der Waals surface area contributed by atoms with Crippen LogP contribution in [0.3, 0.4) is 0 Å². The molecule has 0 spiro atoms. The molecule has 4 heterocycles. The van der Waals surface area contributed by atoms with Crippen LogP contribution in [0.5, 0.6) is 0 Å². The Hall–Kier alpha value is -3.64. The lowest BCUT2D eigenvalue weighted by Crippen LogP contribution is -2.69. The summed E-state index contributed by atoms with van der Waals surface area (Å²) in [6.07, 6.45) is -4.45.